The van der Waals surface area contributed by atoms with Crippen LogP contribution < -0.4 is 14.8 Å². The van der Waals surface area contributed by atoms with Crippen molar-refractivity contribution >= 4 is 10.0 Å². The molecule has 1 aliphatic rings. The Balaban J connectivity index is 2.16. The van der Waals surface area contributed by atoms with Crippen LogP contribution in [0, 0.1) is 6.92 Å². The number of hydrogen-bond acceptors (Lipinski definition) is 4. The number of aryl methyl sites for hydroxylation is 1. The lowest BCUT2D eigenvalue weighted by Gasteiger charge is -2.14. The number of hydrogen-bond donors (Lipinski definition) is 2. The standard InChI is InChI=1S/C13H20N2O3S/c1-10-5-6-12(18-2)13(8-10)19(16,17)15-9-11-4-3-7-14-11/h5-6,8,11,14-15H,3-4,7,9H2,1-2H3. The van der Waals surface area contributed by atoms with Crippen LogP contribution in [0.5, 0.6) is 5.75 Å². The third-order valence-corrected chi connectivity index (χ3v) is 4.74. The average molecular weight is 284 g/mol. The van der Waals surface area contributed by atoms with Crippen molar-refractivity contribution in [2.75, 3.05) is 20.2 Å². The van der Waals surface area contributed by atoms with Gasteiger partial charge in [0.15, 0.2) is 0 Å². The molecule has 5 nitrogen and oxygen atoms in total. The zero-order valence-electron chi connectivity index (χ0n) is 11.3. The molecule has 0 radical (unpaired) electrons. The molecule has 2 N–H and O–H groups in total. The van der Waals surface area contributed by atoms with Gasteiger partial charge in [0.25, 0.3) is 0 Å². The van der Waals surface area contributed by atoms with Crippen molar-refractivity contribution in [2.24, 2.45) is 0 Å². The van der Waals surface area contributed by atoms with E-state index in [1.165, 1.54) is 7.11 Å². The zero-order valence-corrected chi connectivity index (χ0v) is 12.1. The Morgan fingerprint density at radius 1 is 1.47 bits per heavy atom. The lowest BCUT2D eigenvalue weighted by Crippen LogP contribution is -2.37. The summed E-state index contributed by atoms with van der Waals surface area (Å²) in [5.41, 5.74) is 0.889. The van der Waals surface area contributed by atoms with Gasteiger partial charge in [0, 0.05) is 12.6 Å². The smallest absolute Gasteiger partial charge is 0.244 e. The molecule has 1 aromatic rings. The van der Waals surface area contributed by atoms with E-state index in [1.807, 2.05) is 13.0 Å². The summed E-state index contributed by atoms with van der Waals surface area (Å²) >= 11 is 0. The third-order valence-electron chi connectivity index (χ3n) is 3.29. The van der Waals surface area contributed by atoms with Crippen LogP contribution in [0.2, 0.25) is 0 Å². The van der Waals surface area contributed by atoms with Crippen LogP contribution in [0.1, 0.15) is 18.4 Å². The minimum Gasteiger partial charge on any atom is -0.495 e. The summed E-state index contributed by atoms with van der Waals surface area (Å²) in [7, 11) is -2.05. The number of nitrogens with one attached hydrogen (secondary N) is 2. The molecule has 0 bridgehead atoms. The summed E-state index contributed by atoms with van der Waals surface area (Å²) in [5, 5.41) is 3.26. The van der Waals surface area contributed by atoms with Crippen LogP contribution in [0.25, 0.3) is 0 Å². The second-order valence-corrected chi connectivity index (χ2v) is 6.53. The van der Waals surface area contributed by atoms with E-state index in [0.29, 0.717) is 12.3 Å². The molecule has 1 atom stereocenters. The van der Waals surface area contributed by atoms with Crippen molar-refractivity contribution in [1.29, 1.82) is 0 Å². The van der Waals surface area contributed by atoms with E-state index in [-0.39, 0.29) is 10.9 Å². The SMILES string of the molecule is COc1ccc(C)cc1S(=O)(=O)NCC1CCCN1. The van der Waals surface area contributed by atoms with Gasteiger partial charge in [0.2, 0.25) is 10.0 Å². The fourth-order valence-corrected chi connectivity index (χ4v) is 3.55. The normalized spacial score (nSPS) is 19.6. The van der Waals surface area contributed by atoms with Crippen LogP contribution in [0.3, 0.4) is 0 Å². The molecule has 1 aliphatic heterocycles. The second-order valence-electron chi connectivity index (χ2n) is 4.80. The van der Waals surface area contributed by atoms with Gasteiger partial charge in [-0.3, -0.25) is 0 Å². The Hall–Kier alpha value is -1.11. The molecular formula is C13H20N2O3S. The van der Waals surface area contributed by atoms with Crippen LogP contribution >= 0.6 is 0 Å². The van der Waals surface area contributed by atoms with Gasteiger partial charge in [-0.25, -0.2) is 13.1 Å². The molecule has 0 aromatic heterocycles. The summed E-state index contributed by atoms with van der Waals surface area (Å²) in [6, 6.07) is 5.36. The van der Waals surface area contributed by atoms with Gasteiger partial charge in [-0.15, -0.1) is 0 Å². The van der Waals surface area contributed by atoms with Crippen molar-refractivity contribution in [1.82, 2.24) is 10.0 Å². The molecule has 2 rings (SSSR count). The molecular weight excluding hydrogens is 264 g/mol. The number of sulfonamides is 1. The highest BCUT2D eigenvalue weighted by Crippen LogP contribution is 2.24. The van der Waals surface area contributed by atoms with Crippen molar-refractivity contribution in [3.8, 4) is 5.75 Å². The van der Waals surface area contributed by atoms with E-state index in [4.69, 9.17) is 4.74 Å². The van der Waals surface area contributed by atoms with Gasteiger partial charge in [-0.2, -0.15) is 0 Å². The molecule has 1 unspecified atom stereocenters. The summed E-state index contributed by atoms with van der Waals surface area (Å²) < 4.78 is 32.4. The molecule has 6 heteroatoms. The predicted molar refractivity (Wildman–Crippen MR) is 73.9 cm³/mol. The number of benzene rings is 1. The van der Waals surface area contributed by atoms with E-state index in [0.717, 1.165) is 24.9 Å². The molecule has 19 heavy (non-hydrogen) atoms. The minimum atomic E-state index is -3.53. The first kappa shape index (κ1) is 14.3. The van der Waals surface area contributed by atoms with Crippen molar-refractivity contribution in [2.45, 2.75) is 30.7 Å². The lowest BCUT2D eigenvalue weighted by molar-refractivity contribution is 0.402. The van der Waals surface area contributed by atoms with Crippen LogP contribution in [0.15, 0.2) is 23.1 Å². The third kappa shape index (κ3) is 3.46. The van der Waals surface area contributed by atoms with Gasteiger partial charge < -0.3 is 10.1 Å². The van der Waals surface area contributed by atoms with Gasteiger partial charge in [0.05, 0.1) is 7.11 Å². The molecule has 1 heterocycles. The molecule has 1 fully saturated rings. The monoisotopic (exact) mass is 284 g/mol. The van der Waals surface area contributed by atoms with Crippen LogP contribution in [-0.4, -0.2) is 34.7 Å². The van der Waals surface area contributed by atoms with Gasteiger partial charge in [0.1, 0.15) is 10.6 Å². The fraction of sp³-hybridized carbons (Fsp3) is 0.538. The molecule has 106 valence electrons. The quantitative estimate of drug-likeness (QED) is 0.847. The Morgan fingerprint density at radius 3 is 2.89 bits per heavy atom. The Morgan fingerprint density at radius 2 is 2.26 bits per heavy atom. The maximum absolute atomic E-state index is 12.3. The van der Waals surface area contributed by atoms with E-state index < -0.39 is 10.0 Å². The van der Waals surface area contributed by atoms with E-state index in [2.05, 4.69) is 10.0 Å². The lowest BCUT2D eigenvalue weighted by atomic mass is 10.2. The van der Waals surface area contributed by atoms with Crippen LogP contribution in [-0.2, 0) is 10.0 Å². The highest BCUT2D eigenvalue weighted by atomic mass is 32.2. The molecule has 0 aliphatic carbocycles. The molecule has 1 saturated heterocycles. The summed E-state index contributed by atoms with van der Waals surface area (Å²) in [6.45, 7) is 3.23. The van der Waals surface area contributed by atoms with Crippen molar-refractivity contribution < 1.29 is 13.2 Å². The number of methoxy groups -OCH3 is 1. The first-order valence-corrected chi connectivity index (χ1v) is 7.89. The van der Waals surface area contributed by atoms with Gasteiger partial charge in [-0.1, -0.05) is 6.07 Å². The predicted octanol–water partition coefficient (Wildman–Crippen LogP) is 1.03. The second kappa shape index (κ2) is 5.90. The maximum atomic E-state index is 12.3. The first-order valence-electron chi connectivity index (χ1n) is 6.40. The number of rotatable bonds is 5. The first-order chi connectivity index (χ1) is 9.03. The van der Waals surface area contributed by atoms with Gasteiger partial charge >= 0.3 is 0 Å². The molecule has 1 aromatic carbocycles. The van der Waals surface area contributed by atoms with E-state index >= 15 is 0 Å². The highest BCUT2D eigenvalue weighted by Gasteiger charge is 2.22. The Labute approximate surface area is 114 Å². The maximum Gasteiger partial charge on any atom is 0.244 e. The van der Waals surface area contributed by atoms with Crippen LogP contribution in [0.4, 0.5) is 0 Å². The summed E-state index contributed by atoms with van der Waals surface area (Å²) in [5.74, 6) is 0.373. The average Bonchev–Trinajstić information content (AvgIpc) is 2.89. The fourth-order valence-electron chi connectivity index (χ4n) is 2.21. The van der Waals surface area contributed by atoms with Crippen molar-refractivity contribution in [3.63, 3.8) is 0 Å². The Bertz CT molecular complexity index is 537. The zero-order chi connectivity index (χ0) is 13.9. The van der Waals surface area contributed by atoms with E-state index in [9.17, 15) is 8.42 Å². The number of ether oxygens (including phenoxy) is 1. The topological polar surface area (TPSA) is 67.4 Å². The van der Waals surface area contributed by atoms with Crippen molar-refractivity contribution in [3.05, 3.63) is 23.8 Å². The summed E-state index contributed by atoms with van der Waals surface area (Å²) in [6.07, 6.45) is 2.10. The molecule has 0 spiro atoms. The van der Waals surface area contributed by atoms with Gasteiger partial charge in [-0.05, 0) is 44.0 Å². The Kier molecular flexibility index (Phi) is 4.44. The van der Waals surface area contributed by atoms with E-state index in [1.54, 1.807) is 12.1 Å². The minimum absolute atomic E-state index is 0.202. The molecule has 0 amide bonds. The largest absolute Gasteiger partial charge is 0.495 e. The summed E-state index contributed by atoms with van der Waals surface area (Å²) in [4.78, 5) is 0.202. The highest BCUT2D eigenvalue weighted by molar-refractivity contribution is 7.89. The molecule has 0 saturated carbocycles.